The number of carbonyl (C=O) groups excluding carboxylic acids is 2. The van der Waals surface area contributed by atoms with Crippen molar-refractivity contribution in [2.45, 2.75) is 210 Å². The molecule has 6 N–H and O–H groups in total. The number of carbonyl (C=O) groups is 2. The van der Waals surface area contributed by atoms with Gasteiger partial charge in [0.1, 0.15) is 24.4 Å². The summed E-state index contributed by atoms with van der Waals surface area (Å²) in [5, 5.41) is 54.4. The van der Waals surface area contributed by atoms with Gasteiger partial charge in [-0.05, 0) is 30.9 Å². The number of amides is 1. The van der Waals surface area contributed by atoms with E-state index in [1.807, 2.05) is 54.6 Å². The van der Waals surface area contributed by atoms with E-state index in [0.717, 1.165) is 82.6 Å². The van der Waals surface area contributed by atoms with Crippen LogP contribution in [0.2, 0.25) is 0 Å². The van der Waals surface area contributed by atoms with Crippen molar-refractivity contribution in [1.82, 2.24) is 5.32 Å². The van der Waals surface area contributed by atoms with Crippen LogP contribution in [0.15, 0.2) is 54.6 Å². The molecule has 346 valence electrons. The lowest BCUT2D eigenvalue weighted by Gasteiger charge is -2.40. The van der Waals surface area contributed by atoms with Gasteiger partial charge in [0.05, 0.1) is 32.0 Å². The van der Waals surface area contributed by atoms with E-state index in [0.29, 0.717) is 37.2 Å². The van der Waals surface area contributed by atoms with Gasteiger partial charge in [0.25, 0.3) is 0 Å². The van der Waals surface area contributed by atoms with E-state index in [2.05, 4.69) is 12.2 Å². The summed E-state index contributed by atoms with van der Waals surface area (Å²) in [5.41, 5.74) is 2.35. The lowest BCUT2D eigenvalue weighted by atomic mass is 9.99. The average Bonchev–Trinajstić information content (AvgIpc) is 3.28. The first-order valence-electron chi connectivity index (χ1n) is 23.9. The van der Waals surface area contributed by atoms with Crippen molar-refractivity contribution in [3.63, 3.8) is 0 Å². The Hall–Kier alpha value is -2.74. The Morgan fingerprint density at radius 1 is 0.672 bits per heavy atom. The quantitative estimate of drug-likeness (QED) is 0.0288. The number of aliphatic hydroxyl groups excluding tert-OH is 5. The van der Waals surface area contributed by atoms with Crippen molar-refractivity contribution >= 4 is 11.7 Å². The number of unbranched alkanes of at least 4 members (excludes halogenated alkanes) is 20. The standard InChI is InChI=1S/C50H81NO10/c1-2-3-4-5-6-7-8-9-10-12-15-18-24-32-43(53)42(38-60-50-49(58)48(57)47(56)44(36-52)61-50)51-45(54)33-25-19-16-13-11-14-17-20-26-34-59-37-39-28-27-31-41(35-39)46(55)40-29-22-21-23-30-40/h21-23,27-31,35,42-44,47-50,52-53,56-58H,2-20,24-26,32-34,36-38H2,1H3,(H,51,54). The normalized spacial score (nSPS) is 20.1. The maximum Gasteiger partial charge on any atom is 0.220 e. The molecule has 0 radical (unpaired) electrons. The molecule has 7 unspecified atom stereocenters. The molecule has 3 rings (SSSR count). The lowest BCUT2D eigenvalue weighted by molar-refractivity contribution is -0.302. The number of nitrogens with one attached hydrogen (secondary N) is 1. The maximum absolute atomic E-state index is 13.0. The highest BCUT2D eigenvalue weighted by Crippen LogP contribution is 2.23. The Bertz CT molecular complexity index is 1410. The third-order valence-electron chi connectivity index (χ3n) is 11.9. The second kappa shape index (κ2) is 32.9. The van der Waals surface area contributed by atoms with Crippen LogP contribution in [0.25, 0.3) is 0 Å². The summed E-state index contributed by atoms with van der Waals surface area (Å²) < 4.78 is 17.1. The van der Waals surface area contributed by atoms with Crippen molar-refractivity contribution in [2.24, 2.45) is 0 Å². The number of hydrogen-bond donors (Lipinski definition) is 6. The van der Waals surface area contributed by atoms with Gasteiger partial charge in [-0.3, -0.25) is 9.59 Å². The first-order valence-corrected chi connectivity index (χ1v) is 23.9. The molecule has 0 spiro atoms. The third-order valence-corrected chi connectivity index (χ3v) is 11.9. The third kappa shape index (κ3) is 21.9. The molecule has 1 aliphatic rings. The molecule has 61 heavy (non-hydrogen) atoms. The molecule has 0 aliphatic carbocycles. The first-order chi connectivity index (χ1) is 29.7. The molecular weight excluding hydrogens is 775 g/mol. The number of hydrogen-bond acceptors (Lipinski definition) is 10. The highest BCUT2D eigenvalue weighted by atomic mass is 16.7. The average molecular weight is 856 g/mol. The van der Waals surface area contributed by atoms with Crippen molar-refractivity contribution < 1.29 is 49.3 Å². The van der Waals surface area contributed by atoms with Crippen molar-refractivity contribution in [1.29, 1.82) is 0 Å². The number of benzene rings is 2. The van der Waals surface area contributed by atoms with Crippen LogP contribution < -0.4 is 5.32 Å². The predicted molar refractivity (Wildman–Crippen MR) is 240 cm³/mol. The van der Waals surface area contributed by atoms with Crippen LogP contribution in [0.1, 0.15) is 183 Å². The van der Waals surface area contributed by atoms with Gasteiger partial charge in [0, 0.05) is 24.2 Å². The van der Waals surface area contributed by atoms with E-state index < -0.39 is 49.5 Å². The van der Waals surface area contributed by atoms with E-state index in [1.165, 1.54) is 64.2 Å². The van der Waals surface area contributed by atoms with Crippen molar-refractivity contribution in [3.05, 3.63) is 71.3 Å². The second-order valence-electron chi connectivity index (χ2n) is 17.2. The lowest BCUT2D eigenvalue weighted by Crippen LogP contribution is -2.60. The fourth-order valence-electron chi connectivity index (χ4n) is 7.98. The highest BCUT2D eigenvalue weighted by molar-refractivity contribution is 6.09. The van der Waals surface area contributed by atoms with E-state index in [9.17, 15) is 35.1 Å². The Labute approximate surface area is 367 Å². The summed E-state index contributed by atoms with van der Waals surface area (Å²) >= 11 is 0. The van der Waals surface area contributed by atoms with Crippen LogP contribution in [0, 0.1) is 0 Å². The number of ether oxygens (including phenoxy) is 3. The van der Waals surface area contributed by atoms with Crippen LogP contribution in [0.3, 0.4) is 0 Å². The molecular formula is C50H81NO10. The molecule has 11 nitrogen and oxygen atoms in total. The van der Waals surface area contributed by atoms with E-state index in [-0.39, 0.29) is 18.3 Å². The molecule has 0 aromatic heterocycles. The molecule has 0 saturated carbocycles. The van der Waals surface area contributed by atoms with Crippen LogP contribution >= 0.6 is 0 Å². The van der Waals surface area contributed by atoms with Gasteiger partial charge >= 0.3 is 0 Å². The molecule has 1 amide bonds. The summed E-state index contributed by atoms with van der Waals surface area (Å²) in [4.78, 5) is 25.8. The van der Waals surface area contributed by atoms with Crippen molar-refractivity contribution in [3.8, 4) is 0 Å². The van der Waals surface area contributed by atoms with Gasteiger partial charge in [0.2, 0.25) is 5.91 Å². The molecule has 7 atom stereocenters. The number of rotatable bonds is 36. The molecule has 1 fully saturated rings. The molecule has 11 heteroatoms. The zero-order valence-electron chi connectivity index (χ0n) is 37.3. The maximum atomic E-state index is 13.0. The summed E-state index contributed by atoms with van der Waals surface area (Å²) in [5.74, 6) is -0.161. The minimum absolute atomic E-state index is 0.0174. The summed E-state index contributed by atoms with van der Waals surface area (Å²) in [7, 11) is 0. The zero-order valence-corrected chi connectivity index (χ0v) is 37.3. The van der Waals surface area contributed by atoms with Crippen molar-refractivity contribution in [2.75, 3.05) is 19.8 Å². The van der Waals surface area contributed by atoms with Gasteiger partial charge in [-0.25, -0.2) is 0 Å². The smallest absolute Gasteiger partial charge is 0.220 e. The number of aliphatic hydroxyl groups is 5. The first kappa shape index (κ1) is 52.6. The predicted octanol–water partition coefficient (Wildman–Crippen LogP) is 8.48. The Morgan fingerprint density at radius 2 is 1.23 bits per heavy atom. The van der Waals surface area contributed by atoms with Gasteiger partial charge < -0.3 is 45.1 Å². The monoisotopic (exact) mass is 856 g/mol. The van der Waals surface area contributed by atoms with E-state index >= 15 is 0 Å². The van der Waals surface area contributed by atoms with E-state index in [1.54, 1.807) is 0 Å². The van der Waals surface area contributed by atoms with Crippen LogP contribution in [0.5, 0.6) is 0 Å². The van der Waals surface area contributed by atoms with Crippen LogP contribution in [0.4, 0.5) is 0 Å². The largest absolute Gasteiger partial charge is 0.394 e. The summed E-state index contributed by atoms with van der Waals surface area (Å²) in [6, 6.07) is 16.2. The van der Waals surface area contributed by atoms with Crippen LogP contribution in [-0.2, 0) is 25.6 Å². The Morgan fingerprint density at radius 3 is 1.84 bits per heavy atom. The molecule has 1 heterocycles. The molecule has 1 aliphatic heterocycles. The van der Waals surface area contributed by atoms with E-state index in [4.69, 9.17) is 14.2 Å². The summed E-state index contributed by atoms with van der Waals surface area (Å²) in [6.07, 6.45) is 18.2. The molecule has 2 aromatic rings. The fraction of sp³-hybridized carbons (Fsp3) is 0.720. The Kier molecular flexibility index (Phi) is 28.3. The Balaban J connectivity index is 1.26. The number of ketones is 1. The van der Waals surface area contributed by atoms with Gasteiger partial charge in [-0.15, -0.1) is 0 Å². The van der Waals surface area contributed by atoms with Gasteiger partial charge in [-0.1, -0.05) is 184 Å². The molecule has 0 bridgehead atoms. The minimum atomic E-state index is -1.57. The topological polar surface area (TPSA) is 175 Å². The zero-order chi connectivity index (χ0) is 43.9. The van der Waals surface area contributed by atoms with Crippen LogP contribution in [-0.4, -0.2) is 99.9 Å². The molecule has 1 saturated heterocycles. The molecule has 2 aromatic carbocycles. The summed E-state index contributed by atoms with van der Waals surface area (Å²) in [6.45, 7) is 2.70. The van der Waals surface area contributed by atoms with Gasteiger partial charge in [0.15, 0.2) is 12.1 Å². The SMILES string of the molecule is CCCCCCCCCCCCCCCC(O)C(COC1OC(CO)C(O)C(O)C1O)NC(=O)CCCCCCCCCCCOCc1cccc(C(=O)c2ccccc2)c1. The minimum Gasteiger partial charge on any atom is -0.394 e. The van der Waals surface area contributed by atoms with Gasteiger partial charge in [-0.2, -0.15) is 0 Å². The second-order valence-corrected chi connectivity index (χ2v) is 17.2. The highest BCUT2D eigenvalue weighted by Gasteiger charge is 2.44. The fourth-order valence-corrected chi connectivity index (χ4v) is 7.98.